The third kappa shape index (κ3) is 4.33. The van der Waals surface area contributed by atoms with Crippen LogP contribution in [0.5, 0.6) is 0 Å². The lowest BCUT2D eigenvalue weighted by Gasteiger charge is -2.11. The van der Waals surface area contributed by atoms with Gasteiger partial charge in [-0.2, -0.15) is 0 Å². The van der Waals surface area contributed by atoms with E-state index in [0.29, 0.717) is 16.3 Å². The number of halogens is 1. The van der Waals surface area contributed by atoms with E-state index in [0.717, 1.165) is 16.8 Å². The number of para-hydroxylation sites is 2. The first kappa shape index (κ1) is 18.6. The molecule has 3 aromatic rings. The summed E-state index contributed by atoms with van der Waals surface area (Å²) in [6, 6.07) is 15.7. The predicted molar refractivity (Wildman–Crippen MR) is 108 cm³/mol. The highest BCUT2D eigenvalue weighted by atomic mass is 35.5. The van der Waals surface area contributed by atoms with Crippen molar-refractivity contribution in [3.63, 3.8) is 0 Å². The predicted octanol–water partition coefficient (Wildman–Crippen LogP) is 4.86. The van der Waals surface area contributed by atoms with Gasteiger partial charge in [0.15, 0.2) is 0 Å². The highest BCUT2D eigenvalue weighted by molar-refractivity contribution is 6.33. The minimum Gasteiger partial charge on any atom is -0.321 e. The van der Waals surface area contributed by atoms with E-state index >= 15 is 0 Å². The molecule has 0 aliphatic carbocycles. The van der Waals surface area contributed by atoms with Gasteiger partial charge in [-0.15, -0.1) is 0 Å². The quantitative estimate of drug-likeness (QED) is 0.680. The third-order valence-electron chi connectivity index (χ3n) is 4.10. The summed E-state index contributed by atoms with van der Waals surface area (Å²) in [7, 11) is 0. The fourth-order valence-electron chi connectivity index (χ4n) is 2.64. The van der Waals surface area contributed by atoms with Crippen molar-refractivity contribution >= 4 is 34.8 Å². The van der Waals surface area contributed by atoms with Crippen LogP contribution in [-0.4, -0.2) is 16.8 Å². The van der Waals surface area contributed by atoms with Gasteiger partial charge in [0.05, 0.1) is 10.7 Å². The first-order chi connectivity index (χ1) is 13.0. The summed E-state index contributed by atoms with van der Waals surface area (Å²) in [4.78, 5) is 29.1. The van der Waals surface area contributed by atoms with Crippen LogP contribution in [0.1, 0.15) is 32.0 Å². The Morgan fingerprint density at radius 3 is 2.30 bits per heavy atom. The maximum absolute atomic E-state index is 12.6. The zero-order chi connectivity index (χ0) is 19.4. The number of nitrogens with zero attached hydrogens (tertiary/aromatic N) is 1. The minimum absolute atomic E-state index is 0.157. The summed E-state index contributed by atoms with van der Waals surface area (Å²) in [6.07, 6.45) is 1.43. The number of carbonyl (C=O) groups excluding carboxylic acids is 2. The summed E-state index contributed by atoms with van der Waals surface area (Å²) in [5, 5.41) is 6.03. The number of amides is 2. The average molecular weight is 380 g/mol. The molecule has 0 unspecified atom stereocenters. The number of aromatic nitrogens is 1. The van der Waals surface area contributed by atoms with Crippen LogP contribution in [0, 0.1) is 13.8 Å². The van der Waals surface area contributed by atoms with Gasteiger partial charge in [0.2, 0.25) is 0 Å². The lowest BCUT2D eigenvalue weighted by atomic mass is 10.1. The molecule has 0 spiro atoms. The molecule has 27 heavy (non-hydrogen) atoms. The van der Waals surface area contributed by atoms with Crippen molar-refractivity contribution < 1.29 is 9.59 Å². The van der Waals surface area contributed by atoms with E-state index in [-0.39, 0.29) is 17.5 Å². The first-order valence-electron chi connectivity index (χ1n) is 8.35. The fourth-order valence-corrected chi connectivity index (χ4v) is 2.83. The SMILES string of the molecule is Cc1cccc(C)c1NC(=O)c1cc(C(=O)Nc2ccccc2Cl)ccn1. The molecule has 2 aromatic carbocycles. The molecule has 0 saturated heterocycles. The molecule has 6 heteroatoms. The van der Waals surface area contributed by atoms with Gasteiger partial charge in [-0.05, 0) is 49.2 Å². The van der Waals surface area contributed by atoms with E-state index in [4.69, 9.17) is 11.6 Å². The maximum Gasteiger partial charge on any atom is 0.274 e. The normalized spacial score (nSPS) is 10.3. The highest BCUT2D eigenvalue weighted by Gasteiger charge is 2.14. The summed E-state index contributed by atoms with van der Waals surface area (Å²) in [5.74, 6) is -0.744. The Balaban J connectivity index is 1.80. The van der Waals surface area contributed by atoms with Crippen molar-refractivity contribution in [3.8, 4) is 0 Å². The van der Waals surface area contributed by atoms with Crippen LogP contribution in [0.2, 0.25) is 5.02 Å². The van der Waals surface area contributed by atoms with E-state index in [2.05, 4.69) is 15.6 Å². The number of nitrogens with one attached hydrogen (secondary N) is 2. The van der Waals surface area contributed by atoms with Gasteiger partial charge in [-0.3, -0.25) is 14.6 Å². The van der Waals surface area contributed by atoms with Crippen molar-refractivity contribution in [1.82, 2.24) is 4.98 Å². The molecule has 2 amide bonds. The number of anilines is 2. The second kappa shape index (κ2) is 8.01. The molecule has 0 aliphatic rings. The Morgan fingerprint density at radius 1 is 0.889 bits per heavy atom. The monoisotopic (exact) mass is 379 g/mol. The van der Waals surface area contributed by atoms with Crippen molar-refractivity contribution in [2.24, 2.45) is 0 Å². The van der Waals surface area contributed by atoms with E-state index in [1.165, 1.54) is 12.3 Å². The Morgan fingerprint density at radius 2 is 1.59 bits per heavy atom. The lowest BCUT2D eigenvalue weighted by molar-refractivity contribution is 0.102. The zero-order valence-electron chi connectivity index (χ0n) is 14.9. The van der Waals surface area contributed by atoms with E-state index in [1.807, 2.05) is 32.0 Å². The zero-order valence-corrected chi connectivity index (χ0v) is 15.7. The molecular weight excluding hydrogens is 362 g/mol. The maximum atomic E-state index is 12.6. The molecule has 2 N–H and O–H groups in total. The molecule has 0 radical (unpaired) electrons. The van der Waals surface area contributed by atoms with Gasteiger partial charge in [0.1, 0.15) is 5.69 Å². The molecule has 0 bridgehead atoms. The van der Waals surface area contributed by atoms with Crippen molar-refractivity contribution in [2.75, 3.05) is 10.6 Å². The molecule has 5 nitrogen and oxygen atoms in total. The number of aryl methyl sites for hydroxylation is 2. The van der Waals surface area contributed by atoms with Crippen LogP contribution in [0.25, 0.3) is 0 Å². The Hall–Kier alpha value is -3.18. The topological polar surface area (TPSA) is 71.1 Å². The van der Waals surface area contributed by atoms with Crippen LogP contribution < -0.4 is 10.6 Å². The van der Waals surface area contributed by atoms with Crippen LogP contribution in [0.4, 0.5) is 11.4 Å². The molecule has 0 fully saturated rings. The molecule has 0 aliphatic heterocycles. The Kier molecular flexibility index (Phi) is 5.52. The smallest absolute Gasteiger partial charge is 0.274 e. The van der Waals surface area contributed by atoms with Crippen LogP contribution >= 0.6 is 11.6 Å². The van der Waals surface area contributed by atoms with Crippen molar-refractivity contribution in [2.45, 2.75) is 13.8 Å². The van der Waals surface area contributed by atoms with Crippen LogP contribution in [0.15, 0.2) is 60.8 Å². The van der Waals surface area contributed by atoms with Gasteiger partial charge in [0.25, 0.3) is 11.8 Å². The number of hydrogen-bond donors (Lipinski definition) is 2. The van der Waals surface area contributed by atoms with E-state index in [1.54, 1.807) is 30.3 Å². The third-order valence-corrected chi connectivity index (χ3v) is 4.43. The molecule has 0 saturated carbocycles. The molecule has 0 atom stereocenters. The van der Waals surface area contributed by atoms with Gasteiger partial charge in [-0.1, -0.05) is 41.9 Å². The summed E-state index contributed by atoms with van der Waals surface area (Å²) < 4.78 is 0. The number of carbonyl (C=O) groups is 2. The number of pyridine rings is 1. The Labute approximate surface area is 162 Å². The van der Waals surface area contributed by atoms with Crippen molar-refractivity contribution in [1.29, 1.82) is 0 Å². The molecule has 1 aromatic heterocycles. The van der Waals surface area contributed by atoms with Crippen LogP contribution in [0.3, 0.4) is 0 Å². The summed E-state index contributed by atoms with van der Waals surface area (Å²) >= 11 is 6.07. The lowest BCUT2D eigenvalue weighted by Crippen LogP contribution is -2.18. The number of rotatable bonds is 4. The largest absolute Gasteiger partial charge is 0.321 e. The molecule has 1 heterocycles. The van der Waals surface area contributed by atoms with Gasteiger partial charge in [0, 0.05) is 17.4 Å². The minimum atomic E-state index is -0.375. The fraction of sp³-hybridized carbons (Fsp3) is 0.0952. The molecule has 3 rings (SSSR count). The number of benzene rings is 2. The van der Waals surface area contributed by atoms with E-state index in [9.17, 15) is 9.59 Å². The molecular formula is C21H18ClN3O2. The highest BCUT2D eigenvalue weighted by Crippen LogP contribution is 2.22. The summed E-state index contributed by atoms with van der Waals surface area (Å²) in [6.45, 7) is 3.84. The second-order valence-electron chi connectivity index (χ2n) is 6.08. The molecule has 136 valence electrons. The van der Waals surface area contributed by atoms with Crippen LogP contribution in [-0.2, 0) is 0 Å². The standard InChI is InChI=1S/C21H18ClN3O2/c1-13-6-5-7-14(2)19(13)25-21(27)18-12-15(10-11-23-18)20(26)24-17-9-4-3-8-16(17)22/h3-12H,1-2H3,(H,24,26)(H,25,27). The Bertz CT molecular complexity index is 998. The second-order valence-corrected chi connectivity index (χ2v) is 6.49. The number of hydrogen-bond acceptors (Lipinski definition) is 3. The first-order valence-corrected chi connectivity index (χ1v) is 8.73. The summed E-state index contributed by atoms with van der Waals surface area (Å²) in [5.41, 5.74) is 3.63. The van der Waals surface area contributed by atoms with Gasteiger partial charge in [-0.25, -0.2) is 0 Å². The van der Waals surface area contributed by atoms with Crippen molar-refractivity contribution in [3.05, 3.63) is 88.2 Å². The van der Waals surface area contributed by atoms with Gasteiger partial charge >= 0.3 is 0 Å². The average Bonchev–Trinajstić information content (AvgIpc) is 2.66. The van der Waals surface area contributed by atoms with Gasteiger partial charge < -0.3 is 10.6 Å². The van der Waals surface area contributed by atoms with E-state index < -0.39 is 0 Å².